The topological polar surface area (TPSA) is 44.2 Å². The van der Waals surface area contributed by atoms with E-state index in [-0.39, 0.29) is 0 Å². The van der Waals surface area contributed by atoms with Crippen molar-refractivity contribution in [2.24, 2.45) is 0 Å². The van der Waals surface area contributed by atoms with E-state index in [1.54, 1.807) is 38.0 Å². The molecule has 3 rings (SSSR count). The van der Waals surface area contributed by atoms with Crippen molar-refractivity contribution in [3.63, 3.8) is 0 Å². The van der Waals surface area contributed by atoms with E-state index in [0.717, 1.165) is 20.8 Å². The average Bonchev–Trinajstić information content (AvgIpc) is 2.91. The van der Waals surface area contributed by atoms with Crippen LogP contribution in [0.3, 0.4) is 0 Å². The maximum absolute atomic E-state index is 5.41. The number of nitrogens with zero attached hydrogens (tertiary/aromatic N) is 2. The second kappa shape index (κ2) is 4.85. The van der Waals surface area contributed by atoms with Gasteiger partial charge in [0.05, 0.1) is 18.9 Å². The first kappa shape index (κ1) is 11.9. The van der Waals surface area contributed by atoms with Crippen molar-refractivity contribution in [3.8, 4) is 22.1 Å². The number of aromatic nitrogens is 2. The zero-order valence-electron chi connectivity index (χ0n) is 10.6. The Morgan fingerprint density at radius 2 is 1.79 bits per heavy atom. The second-order valence-electron chi connectivity index (χ2n) is 3.90. The van der Waals surface area contributed by atoms with Crippen molar-refractivity contribution in [3.05, 3.63) is 36.7 Å². The lowest BCUT2D eigenvalue weighted by atomic mass is 10.2. The van der Waals surface area contributed by atoms with Gasteiger partial charge in [-0.25, -0.2) is 4.98 Å². The first-order valence-electron chi connectivity index (χ1n) is 5.75. The summed E-state index contributed by atoms with van der Waals surface area (Å²) in [4.78, 5) is 8.67. The Hall–Kier alpha value is -2.14. The first-order chi connectivity index (χ1) is 9.33. The fourth-order valence-electron chi connectivity index (χ4n) is 1.93. The molecule has 5 heteroatoms. The van der Waals surface area contributed by atoms with E-state index in [0.29, 0.717) is 11.5 Å². The maximum Gasteiger partial charge on any atom is 0.188 e. The van der Waals surface area contributed by atoms with Gasteiger partial charge in [-0.05, 0) is 24.3 Å². The summed E-state index contributed by atoms with van der Waals surface area (Å²) in [5.74, 6) is 1.37. The molecule has 19 heavy (non-hydrogen) atoms. The van der Waals surface area contributed by atoms with Gasteiger partial charge in [0.15, 0.2) is 11.5 Å². The van der Waals surface area contributed by atoms with Crippen LogP contribution in [0.5, 0.6) is 11.5 Å². The molecule has 0 saturated carbocycles. The molecule has 0 fully saturated rings. The lowest BCUT2D eigenvalue weighted by molar-refractivity contribution is 0.358. The minimum absolute atomic E-state index is 0.677. The maximum atomic E-state index is 5.41. The third kappa shape index (κ3) is 2.02. The van der Waals surface area contributed by atoms with Crippen molar-refractivity contribution in [1.82, 2.24) is 9.97 Å². The third-order valence-corrected chi connectivity index (χ3v) is 3.90. The Kier molecular flexibility index (Phi) is 3.05. The summed E-state index contributed by atoms with van der Waals surface area (Å²) >= 11 is 1.62. The van der Waals surface area contributed by atoms with Gasteiger partial charge < -0.3 is 9.47 Å². The Morgan fingerprint density at radius 1 is 1.00 bits per heavy atom. The van der Waals surface area contributed by atoms with Gasteiger partial charge in [-0.3, -0.25) is 4.98 Å². The van der Waals surface area contributed by atoms with Crippen molar-refractivity contribution < 1.29 is 9.47 Å². The predicted octanol–water partition coefficient (Wildman–Crippen LogP) is 3.38. The van der Waals surface area contributed by atoms with E-state index in [2.05, 4.69) is 9.97 Å². The highest BCUT2D eigenvalue weighted by molar-refractivity contribution is 7.21. The molecule has 2 aromatic heterocycles. The van der Waals surface area contributed by atoms with Gasteiger partial charge in [0.2, 0.25) is 0 Å². The van der Waals surface area contributed by atoms with Gasteiger partial charge in [0, 0.05) is 18.0 Å². The molecule has 0 N–H and O–H groups in total. The number of ether oxygens (including phenoxy) is 2. The van der Waals surface area contributed by atoms with Gasteiger partial charge in [0.25, 0.3) is 0 Å². The van der Waals surface area contributed by atoms with Crippen LogP contribution in [0.4, 0.5) is 0 Å². The molecule has 0 amide bonds. The summed E-state index contributed by atoms with van der Waals surface area (Å²) in [6, 6.07) is 7.79. The number of rotatable bonds is 3. The van der Waals surface area contributed by atoms with Crippen LogP contribution in [0.25, 0.3) is 20.8 Å². The summed E-state index contributed by atoms with van der Waals surface area (Å²) in [7, 11) is 3.25. The first-order valence-corrected chi connectivity index (χ1v) is 6.57. The quantitative estimate of drug-likeness (QED) is 0.733. The Bertz CT molecular complexity index is 710. The predicted molar refractivity (Wildman–Crippen MR) is 76.0 cm³/mol. The molecule has 4 nitrogen and oxygen atoms in total. The molecular formula is C14H12N2O2S. The monoisotopic (exact) mass is 272 g/mol. The minimum atomic E-state index is 0.677. The number of hydrogen-bond acceptors (Lipinski definition) is 5. The number of thiazole rings is 1. The van der Waals surface area contributed by atoms with Crippen molar-refractivity contribution in [2.75, 3.05) is 14.2 Å². The smallest absolute Gasteiger partial charge is 0.188 e. The van der Waals surface area contributed by atoms with E-state index in [1.165, 1.54) is 0 Å². The van der Waals surface area contributed by atoms with E-state index < -0.39 is 0 Å². The normalized spacial score (nSPS) is 10.6. The fourth-order valence-corrected chi connectivity index (χ4v) is 2.90. The van der Waals surface area contributed by atoms with E-state index in [4.69, 9.17) is 9.47 Å². The molecule has 0 aliphatic rings. The molecule has 0 spiro atoms. The molecule has 0 aliphatic carbocycles. The van der Waals surface area contributed by atoms with E-state index in [1.807, 2.05) is 24.3 Å². The summed E-state index contributed by atoms with van der Waals surface area (Å²) in [5, 5.41) is 0.948. The molecule has 1 aromatic carbocycles. The molecule has 0 aliphatic heterocycles. The van der Waals surface area contributed by atoms with Crippen LogP contribution in [-0.2, 0) is 0 Å². The zero-order chi connectivity index (χ0) is 13.2. The number of hydrogen-bond donors (Lipinski definition) is 0. The molecule has 0 radical (unpaired) electrons. The lowest BCUT2D eigenvalue weighted by Crippen LogP contribution is -1.90. The van der Waals surface area contributed by atoms with Crippen LogP contribution in [0.15, 0.2) is 36.7 Å². The summed E-state index contributed by atoms with van der Waals surface area (Å²) in [6.07, 6.45) is 3.53. The van der Waals surface area contributed by atoms with Gasteiger partial charge in [-0.1, -0.05) is 0 Å². The molecule has 0 bridgehead atoms. The molecule has 2 heterocycles. The molecular weight excluding hydrogens is 260 g/mol. The second-order valence-corrected chi connectivity index (χ2v) is 4.93. The number of methoxy groups -OCH3 is 2. The Balaban J connectivity index is 2.21. The molecule has 0 saturated heterocycles. The molecule has 0 unspecified atom stereocenters. The molecule has 3 aromatic rings. The number of pyridine rings is 1. The van der Waals surface area contributed by atoms with Crippen LogP contribution in [0.1, 0.15) is 0 Å². The van der Waals surface area contributed by atoms with E-state index >= 15 is 0 Å². The van der Waals surface area contributed by atoms with Gasteiger partial charge in [0.1, 0.15) is 10.5 Å². The van der Waals surface area contributed by atoms with Gasteiger partial charge in [-0.15, -0.1) is 11.3 Å². The van der Waals surface area contributed by atoms with Crippen LogP contribution in [0, 0.1) is 0 Å². The minimum Gasteiger partial charge on any atom is -0.493 e. The van der Waals surface area contributed by atoms with E-state index in [9.17, 15) is 0 Å². The molecule has 96 valence electrons. The summed E-state index contributed by atoms with van der Waals surface area (Å²) < 4.78 is 11.8. The van der Waals surface area contributed by atoms with Crippen LogP contribution in [-0.4, -0.2) is 24.2 Å². The Morgan fingerprint density at radius 3 is 2.47 bits per heavy atom. The van der Waals surface area contributed by atoms with Crippen LogP contribution >= 0.6 is 11.3 Å². The SMILES string of the molecule is COc1ccc2sc(-c3ccncc3)nc2c1OC. The highest BCUT2D eigenvalue weighted by Gasteiger charge is 2.14. The van der Waals surface area contributed by atoms with Crippen molar-refractivity contribution in [1.29, 1.82) is 0 Å². The highest BCUT2D eigenvalue weighted by Crippen LogP contribution is 2.39. The van der Waals surface area contributed by atoms with Gasteiger partial charge >= 0.3 is 0 Å². The zero-order valence-corrected chi connectivity index (χ0v) is 11.4. The number of benzene rings is 1. The van der Waals surface area contributed by atoms with Crippen LogP contribution < -0.4 is 9.47 Å². The van der Waals surface area contributed by atoms with Gasteiger partial charge in [-0.2, -0.15) is 0 Å². The standard InChI is InChI=1S/C14H12N2O2S/c1-17-10-3-4-11-12(13(10)18-2)16-14(19-11)9-5-7-15-8-6-9/h3-8H,1-2H3. The van der Waals surface area contributed by atoms with Crippen LogP contribution in [0.2, 0.25) is 0 Å². The Labute approximate surface area is 114 Å². The largest absolute Gasteiger partial charge is 0.493 e. The summed E-state index contributed by atoms with van der Waals surface area (Å²) in [5.41, 5.74) is 1.89. The van der Waals surface area contributed by atoms with Crippen molar-refractivity contribution in [2.45, 2.75) is 0 Å². The summed E-state index contributed by atoms with van der Waals surface area (Å²) in [6.45, 7) is 0. The molecule has 0 atom stereocenters. The third-order valence-electron chi connectivity index (χ3n) is 2.83. The van der Waals surface area contributed by atoms with Crippen molar-refractivity contribution >= 4 is 21.6 Å². The lowest BCUT2D eigenvalue weighted by Gasteiger charge is -2.06. The fraction of sp³-hybridized carbons (Fsp3) is 0.143. The highest BCUT2D eigenvalue weighted by atomic mass is 32.1. The average molecular weight is 272 g/mol. The number of fused-ring (bicyclic) bond motifs is 1.